The molecule has 5 heteroatoms. The molecular formula is C25H28N2O3. The van der Waals surface area contributed by atoms with Crippen molar-refractivity contribution in [1.29, 1.82) is 0 Å². The molecule has 0 aliphatic rings. The number of aryl methyl sites for hydroxylation is 2. The maximum Gasteiger partial charge on any atom is 0.328 e. The van der Waals surface area contributed by atoms with Crippen molar-refractivity contribution in [3.05, 3.63) is 65.4 Å². The number of benzene rings is 2. The Morgan fingerprint density at radius 1 is 0.867 bits per heavy atom. The molecule has 1 aromatic heterocycles. The Morgan fingerprint density at radius 2 is 1.40 bits per heavy atom. The number of hydrogen-bond acceptors (Lipinski definition) is 4. The van der Waals surface area contributed by atoms with Gasteiger partial charge in [0.05, 0.1) is 0 Å². The van der Waals surface area contributed by atoms with Crippen molar-refractivity contribution in [2.45, 2.75) is 13.8 Å². The summed E-state index contributed by atoms with van der Waals surface area (Å²) in [4.78, 5) is 15.1. The van der Waals surface area contributed by atoms with Crippen LogP contribution in [0.25, 0.3) is 28.5 Å². The molecule has 156 valence electrons. The van der Waals surface area contributed by atoms with Crippen molar-refractivity contribution < 1.29 is 14.3 Å². The summed E-state index contributed by atoms with van der Waals surface area (Å²) < 4.78 is 6.10. The highest BCUT2D eigenvalue weighted by Gasteiger charge is 2.16. The van der Waals surface area contributed by atoms with Crippen LogP contribution in [0.1, 0.15) is 16.9 Å². The quantitative estimate of drug-likeness (QED) is 0.553. The van der Waals surface area contributed by atoms with Gasteiger partial charge in [-0.25, -0.2) is 4.79 Å². The Labute approximate surface area is 177 Å². The summed E-state index contributed by atoms with van der Waals surface area (Å²) in [6.07, 6.45) is 2.57. The first-order valence-corrected chi connectivity index (χ1v) is 9.79. The summed E-state index contributed by atoms with van der Waals surface area (Å²) in [6, 6.07) is 14.4. The van der Waals surface area contributed by atoms with Gasteiger partial charge in [-0.2, -0.15) is 0 Å². The van der Waals surface area contributed by atoms with E-state index in [-0.39, 0.29) is 0 Å². The lowest BCUT2D eigenvalue weighted by molar-refractivity contribution is -0.131. The molecule has 2 aromatic carbocycles. The highest BCUT2D eigenvalue weighted by molar-refractivity contribution is 5.87. The van der Waals surface area contributed by atoms with Crippen LogP contribution in [-0.4, -0.2) is 39.3 Å². The van der Waals surface area contributed by atoms with Crippen LogP contribution in [-0.2, 0) is 4.79 Å². The topological polar surface area (TPSA) is 56.9 Å². The maximum absolute atomic E-state index is 11.0. The Balaban J connectivity index is 2.16. The summed E-state index contributed by atoms with van der Waals surface area (Å²) in [6.45, 7) is 4.16. The van der Waals surface area contributed by atoms with Gasteiger partial charge in [-0.3, -0.25) is 0 Å². The molecule has 0 fully saturated rings. The van der Waals surface area contributed by atoms with Crippen molar-refractivity contribution >= 4 is 23.4 Å². The fraction of sp³-hybridized carbons (Fsp3) is 0.240. The molecule has 0 atom stereocenters. The van der Waals surface area contributed by atoms with Gasteiger partial charge in [-0.1, -0.05) is 6.07 Å². The first kappa shape index (κ1) is 21.2. The van der Waals surface area contributed by atoms with Gasteiger partial charge in [0, 0.05) is 56.8 Å². The second-order valence-corrected chi connectivity index (χ2v) is 7.85. The lowest BCUT2D eigenvalue weighted by Crippen LogP contribution is -2.10. The second kappa shape index (κ2) is 8.49. The number of rotatable bonds is 6. The Bertz CT molecular complexity index is 1030. The van der Waals surface area contributed by atoms with Crippen molar-refractivity contribution in [3.8, 4) is 22.5 Å². The van der Waals surface area contributed by atoms with Crippen molar-refractivity contribution in [2.75, 3.05) is 38.0 Å². The van der Waals surface area contributed by atoms with Gasteiger partial charge >= 0.3 is 5.97 Å². The van der Waals surface area contributed by atoms with Gasteiger partial charge in [0.1, 0.15) is 11.5 Å². The third-order valence-electron chi connectivity index (χ3n) is 5.07. The van der Waals surface area contributed by atoms with Gasteiger partial charge in [0.25, 0.3) is 0 Å². The van der Waals surface area contributed by atoms with E-state index in [2.05, 4.69) is 54.0 Å². The average Bonchev–Trinajstić information content (AvgIpc) is 3.10. The maximum atomic E-state index is 11.0. The number of aliphatic carboxylic acids is 1. The molecule has 0 unspecified atom stereocenters. The van der Waals surface area contributed by atoms with Gasteiger partial charge in [0.2, 0.25) is 0 Å². The van der Waals surface area contributed by atoms with Crippen LogP contribution in [0.3, 0.4) is 0 Å². The van der Waals surface area contributed by atoms with E-state index < -0.39 is 5.97 Å². The van der Waals surface area contributed by atoms with Crippen molar-refractivity contribution in [1.82, 2.24) is 0 Å². The van der Waals surface area contributed by atoms with E-state index in [1.807, 2.05) is 40.3 Å². The minimum atomic E-state index is -1.01. The number of anilines is 2. The minimum absolute atomic E-state index is 0.506. The zero-order valence-corrected chi connectivity index (χ0v) is 18.4. The predicted octanol–water partition coefficient (Wildman–Crippen LogP) is 5.46. The fourth-order valence-electron chi connectivity index (χ4n) is 3.70. The molecule has 0 radical (unpaired) electrons. The minimum Gasteiger partial charge on any atom is -0.478 e. The molecule has 1 N–H and O–H groups in total. The van der Waals surface area contributed by atoms with Crippen LogP contribution in [0, 0.1) is 13.8 Å². The zero-order chi connectivity index (χ0) is 22.0. The molecular weight excluding hydrogens is 376 g/mol. The van der Waals surface area contributed by atoms with Crippen LogP contribution in [0.15, 0.2) is 53.0 Å². The Kier molecular flexibility index (Phi) is 6.01. The van der Waals surface area contributed by atoms with E-state index >= 15 is 0 Å². The van der Waals surface area contributed by atoms with E-state index in [0.717, 1.165) is 51.0 Å². The van der Waals surface area contributed by atoms with E-state index in [0.29, 0.717) is 5.76 Å². The molecule has 0 bridgehead atoms. The molecule has 0 saturated heterocycles. The highest BCUT2D eigenvalue weighted by atomic mass is 16.4. The third kappa shape index (κ3) is 4.40. The van der Waals surface area contributed by atoms with Crippen molar-refractivity contribution in [3.63, 3.8) is 0 Å². The van der Waals surface area contributed by atoms with Crippen LogP contribution in [0.4, 0.5) is 11.4 Å². The summed E-state index contributed by atoms with van der Waals surface area (Å²) in [5.41, 5.74) is 7.52. The lowest BCUT2D eigenvalue weighted by atomic mass is 9.98. The first-order chi connectivity index (χ1) is 14.2. The van der Waals surface area contributed by atoms with Gasteiger partial charge in [-0.05, 0) is 73.0 Å². The van der Waals surface area contributed by atoms with E-state index in [9.17, 15) is 4.79 Å². The highest BCUT2D eigenvalue weighted by Crippen LogP contribution is 2.38. The molecule has 0 aliphatic carbocycles. The standard InChI is InChI=1S/C25H28N2O3/c1-16-13-18(7-10-22(16)26(3)4)21-15-20(9-12-24(28)29)30-25(21)19-8-11-23(27(5)6)17(2)14-19/h7-15H,1-6H3,(H,28,29)/b12-9+. The van der Waals surface area contributed by atoms with Crippen LogP contribution < -0.4 is 9.80 Å². The summed E-state index contributed by atoms with van der Waals surface area (Å²) in [7, 11) is 8.08. The summed E-state index contributed by atoms with van der Waals surface area (Å²) in [5, 5.41) is 8.99. The number of carboxylic acids is 1. The molecule has 3 rings (SSSR count). The molecule has 30 heavy (non-hydrogen) atoms. The Hall–Kier alpha value is -3.47. The average molecular weight is 405 g/mol. The molecule has 1 heterocycles. The van der Waals surface area contributed by atoms with E-state index in [1.54, 1.807) is 0 Å². The molecule has 3 aromatic rings. The molecule has 0 spiro atoms. The number of hydrogen-bond donors (Lipinski definition) is 1. The predicted molar refractivity (Wildman–Crippen MR) is 124 cm³/mol. The largest absolute Gasteiger partial charge is 0.478 e. The lowest BCUT2D eigenvalue weighted by Gasteiger charge is -2.17. The zero-order valence-electron chi connectivity index (χ0n) is 18.4. The van der Waals surface area contributed by atoms with Gasteiger partial charge in [0.15, 0.2) is 0 Å². The van der Waals surface area contributed by atoms with Crippen LogP contribution in [0.5, 0.6) is 0 Å². The molecule has 0 amide bonds. The van der Waals surface area contributed by atoms with Gasteiger partial charge in [-0.15, -0.1) is 0 Å². The Morgan fingerprint density at radius 3 is 1.90 bits per heavy atom. The number of carbonyl (C=O) groups is 1. The van der Waals surface area contributed by atoms with E-state index in [1.165, 1.54) is 6.08 Å². The summed E-state index contributed by atoms with van der Waals surface area (Å²) in [5.74, 6) is 0.225. The monoisotopic (exact) mass is 404 g/mol. The third-order valence-corrected chi connectivity index (χ3v) is 5.07. The molecule has 0 saturated carbocycles. The fourth-order valence-corrected chi connectivity index (χ4v) is 3.70. The molecule has 5 nitrogen and oxygen atoms in total. The van der Waals surface area contributed by atoms with Crippen LogP contribution >= 0.6 is 0 Å². The summed E-state index contributed by atoms with van der Waals surface area (Å²) >= 11 is 0. The van der Waals surface area contributed by atoms with Gasteiger partial charge < -0.3 is 19.3 Å². The second-order valence-electron chi connectivity index (χ2n) is 7.85. The van der Waals surface area contributed by atoms with Crippen molar-refractivity contribution in [2.24, 2.45) is 0 Å². The smallest absolute Gasteiger partial charge is 0.328 e. The van der Waals surface area contributed by atoms with Crippen LogP contribution in [0.2, 0.25) is 0 Å². The number of carboxylic acid groups (broad SMARTS) is 1. The molecule has 0 aliphatic heterocycles. The number of nitrogens with zero attached hydrogens (tertiary/aromatic N) is 2. The van der Waals surface area contributed by atoms with E-state index in [4.69, 9.17) is 9.52 Å². The normalized spacial score (nSPS) is 11.1. The SMILES string of the molecule is Cc1cc(-c2cc(/C=C/C(=O)O)oc2-c2ccc(N(C)C)c(C)c2)ccc1N(C)C. The number of furan rings is 1. The first-order valence-electron chi connectivity index (χ1n) is 9.79.